The SMILES string of the molecule is COC(=O)C1=C(C)N=c2s/c(=C/c3ccco3)c(=O)n2[C@H]1c1cccs1. The van der Waals surface area contributed by atoms with Crippen LogP contribution in [0.1, 0.15) is 23.6 Å². The molecule has 26 heavy (non-hydrogen) atoms. The quantitative estimate of drug-likeness (QED) is 0.646. The molecule has 0 unspecified atom stereocenters. The Morgan fingerprint density at radius 1 is 1.38 bits per heavy atom. The van der Waals surface area contributed by atoms with Crippen LogP contribution in [-0.4, -0.2) is 17.6 Å². The number of ether oxygens (including phenoxy) is 1. The summed E-state index contributed by atoms with van der Waals surface area (Å²) >= 11 is 2.76. The van der Waals surface area contributed by atoms with Crippen molar-refractivity contribution in [3.63, 3.8) is 0 Å². The molecule has 0 radical (unpaired) electrons. The molecule has 1 atom stereocenters. The Morgan fingerprint density at radius 2 is 2.23 bits per heavy atom. The zero-order valence-corrected chi connectivity index (χ0v) is 15.6. The molecule has 0 aromatic carbocycles. The molecule has 0 aliphatic carbocycles. The summed E-state index contributed by atoms with van der Waals surface area (Å²) in [5.41, 5.74) is 0.727. The lowest BCUT2D eigenvalue weighted by atomic mass is 10.0. The van der Waals surface area contributed by atoms with Gasteiger partial charge in [-0.25, -0.2) is 9.79 Å². The highest BCUT2D eigenvalue weighted by atomic mass is 32.1. The van der Waals surface area contributed by atoms with Gasteiger partial charge in [0.25, 0.3) is 5.56 Å². The van der Waals surface area contributed by atoms with Crippen LogP contribution in [0.15, 0.2) is 61.4 Å². The van der Waals surface area contributed by atoms with Gasteiger partial charge < -0.3 is 9.15 Å². The highest BCUT2D eigenvalue weighted by Gasteiger charge is 2.33. The lowest BCUT2D eigenvalue weighted by Crippen LogP contribution is -2.39. The fourth-order valence-corrected chi connectivity index (χ4v) is 4.76. The predicted octanol–water partition coefficient (Wildman–Crippen LogP) is 2.06. The van der Waals surface area contributed by atoms with E-state index in [1.807, 2.05) is 17.5 Å². The Balaban J connectivity index is 2.00. The van der Waals surface area contributed by atoms with Crippen molar-refractivity contribution < 1.29 is 13.9 Å². The molecule has 3 aromatic heterocycles. The van der Waals surface area contributed by atoms with Crippen molar-refractivity contribution >= 4 is 34.7 Å². The molecule has 0 bridgehead atoms. The summed E-state index contributed by atoms with van der Waals surface area (Å²) in [6.07, 6.45) is 3.24. The molecule has 8 heteroatoms. The lowest BCUT2D eigenvalue weighted by Gasteiger charge is -2.22. The van der Waals surface area contributed by atoms with E-state index < -0.39 is 12.0 Å². The maximum Gasteiger partial charge on any atom is 0.338 e. The first-order valence-electron chi connectivity index (χ1n) is 7.78. The summed E-state index contributed by atoms with van der Waals surface area (Å²) in [6, 6.07) is 6.79. The molecule has 0 amide bonds. The number of furan rings is 1. The van der Waals surface area contributed by atoms with E-state index in [0.29, 0.717) is 26.4 Å². The van der Waals surface area contributed by atoms with Crippen LogP contribution < -0.4 is 14.9 Å². The summed E-state index contributed by atoms with van der Waals surface area (Å²) in [6.45, 7) is 1.76. The van der Waals surface area contributed by atoms with Gasteiger partial charge in [0, 0.05) is 11.0 Å². The zero-order chi connectivity index (χ0) is 18.3. The molecular formula is C18H14N2O4S2. The van der Waals surface area contributed by atoms with Crippen LogP contribution in [0.2, 0.25) is 0 Å². The van der Waals surface area contributed by atoms with Crippen molar-refractivity contribution in [2.24, 2.45) is 4.99 Å². The molecule has 0 spiro atoms. The van der Waals surface area contributed by atoms with Gasteiger partial charge in [-0.05, 0) is 30.5 Å². The van der Waals surface area contributed by atoms with Crippen molar-refractivity contribution in [3.8, 4) is 0 Å². The molecule has 0 saturated carbocycles. The third-order valence-corrected chi connectivity index (χ3v) is 5.96. The Kier molecular flexibility index (Phi) is 4.21. The van der Waals surface area contributed by atoms with Crippen LogP contribution in [0.4, 0.5) is 0 Å². The number of carbonyl (C=O) groups is 1. The number of aromatic nitrogens is 1. The van der Waals surface area contributed by atoms with E-state index >= 15 is 0 Å². The predicted molar refractivity (Wildman–Crippen MR) is 98.8 cm³/mol. The van der Waals surface area contributed by atoms with Gasteiger partial charge in [0.15, 0.2) is 4.80 Å². The second kappa shape index (κ2) is 6.54. The van der Waals surface area contributed by atoms with Crippen molar-refractivity contribution in [3.05, 3.63) is 77.5 Å². The van der Waals surface area contributed by atoms with Gasteiger partial charge in [-0.1, -0.05) is 17.4 Å². The molecule has 132 valence electrons. The number of methoxy groups -OCH3 is 1. The normalized spacial score (nSPS) is 17.2. The van der Waals surface area contributed by atoms with Gasteiger partial charge in [-0.3, -0.25) is 9.36 Å². The van der Waals surface area contributed by atoms with Crippen molar-refractivity contribution in [2.75, 3.05) is 7.11 Å². The van der Waals surface area contributed by atoms with E-state index in [4.69, 9.17) is 9.15 Å². The number of fused-ring (bicyclic) bond motifs is 1. The minimum Gasteiger partial charge on any atom is -0.466 e. The summed E-state index contributed by atoms with van der Waals surface area (Å²) in [7, 11) is 1.33. The van der Waals surface area contributed by atoms with Gasteiger partial charge >= 0.3 is 5.97 Å². The van der Waals surface area contributed by atoms with Crippen LogP contribution in [0, 0.1) is 0 Å². The summed E-state index contributed by atoms with van der Waals surface area (Å²) < 4.78 is 12.3. The minimum absolute atomic E-state index is 0.211. The van der Waals surface area contributed by atoms with E-state index in [9.17, 15) is 9.59 Å². The second-order valence-corrected chi connectivity index (χ2v) is 7.59. The third-order valence-electron chi connectivity index (χ3n) is 4.06. The molecular weight excluding hydrogens is 372 g/mol. The van der Waals surface area contributed by atoms with E-state index in [2.05, 4.69) is 4.99 Å². The molecule has 1 aliphatic heterocycles. The topological polar surface area (TPSA) is 73.8 Å². The fourth-order valence-electron chi connectivity index (χ4n) is 2.91. The summed E-state index contributed by atoms with van der Waals surface area (Å²) in [4.78, 5) is 31.4. The minimum atomic E-state index is -0.544. The molecule has 0 N–H and O–H groups in total. The van der Waals surface area contributed by atoms with Crippen molar-refractivity contribution in [1.82, 2.24) is 4.57 Å². The lowest BCUT2D eigenvalue weighted by molar-refractivity contribution is -0.136. The number of hydrogen-bond acceptors (Lipinski definition) is 7. The molecule has 4 rings (SSSR count). The molecule has 0 saturated heterocycles. The van der Waals surface area contributed by atoms with E-state index in [0.717, 1.165) is 4.88 Å². The van der Waals surface area contributed by atoms with Crippen LogP contribution in [0.3, 0.4) is 0 Å². The van der Waals surface area contributed by atoms with Gasteiger partial charge in [0.05, 0.1) is 29.2 Å². The number of nitrogens with zero attached hydrogens (tertiary/aromatic N) is 2. The maximum absolute atomic E-state index is 13.1. The molecule has 6 nitrogen and oxygen atoms in total. The first-order chi connectivity index (χ1) is 12.6. The Morgan fingerprint density at radius 3 is 2.88 bits per heavy atom. The van der Waals surface area contributed by atoms with E-state index in [1.54, 1.807) is 36.0 Å². The highest BCUT2D eigenvalue weighted by Crippen LogP contribution is 2.32. The number of allylic oxidation sites excluding steroid dienone is 1. The summed E-state index contributed by atoms with van der Waals surface area (Å²) in [5, 5.41) is 1.91. The van der Waals surface area contributed by atoms with Crippen molar-refractivity contribution in [1.29, 1.82) is 0 Å². The Bertz CT molecular complexity index is 1170. The molecule has 3 aromatic rings. The monoisotopic (exact) mass is 386 g/mol. The van der Waals surface area contributed by atoms with Crippen LogP contribution in [0.5, 0.6) is 0 Å². The smallest absolute Gasteiger partial charge is 0.338 e. The molecule has 4 heterocycles. The standard InChI is InChI=1S/C18H14N2O4S2/c1-10-14(17(22)23-2)15(12-6-4-8-25-12)20-16(21)13(26-18(20)19-10)9-11-5-3-7-24-11/h3-9,15H,1-2H3/b13-9+/t15-/m0/s1. The van der Waals surface area contributed by atoms with Crippen LogP contribution in [-0.2, 0) is 9.53 Å². The van der Waals surface area contributed by atoms with Gasteiger partial charge in [0.2, 0.25) is 0 Å². The van der Waals surface area contributed by atoms with Gasteiger partial charge in [-0.2, -0.15) is 0 Å². The average molecular weight is 386 g/mol. The number of thiophene rings is 1. The number of thiazole rings is 1. The highest BCUT2D eigenvalue weighted by molar-refractivity contribution is 7.10. The first-order valence-corrected chi connectivity index (χ1v) is 9.47. The largest absolute Gasteiger partial charge is 0.466 e. The zero-order valence-electron chi connectivity index (χ0n) is 14.0. The number of esters is 1. The van der Waals surface area contributed by atoms with E-state index in [1.165, 1.54) is 29.8 Å². The Labute approximate surface area is 156 Å². The molecule has 0 fully saturated rings. The van der Waals surface area contributed by atoms with E-state index in [-0.39, 0.29) is 5.56 Å². The van der Waals surface area contributed by atoms with Crippen LogP contribution >= 0.6 is 22.7 Å². The maximum atomic E-state index is 13.1. The number of hydrogen-bond donors (Lipinski definition) is 0. The third kappa shape index (κ3) is 2.67. The first kappa shape index (κ1) is 16.7. The number of carbonyl (C=O) groups excluding carboxylic acids is 1. The van der Waals surface area contributed by atoms with Crippen LogP contribution in [0.25, 0.3) is 6.08 Å². The van der Waals surface area contributed by atoms with Gasteiger partial charge in [-0.15, -0.1) is 11.3 Å². The van der Waals surface area contributed by atoms with Gasteiger partial charge in [0.1, 0.15) is 11.8 Å². The number of rotatable bonds is 3. The molecule has 1 aliphatic rings. The second-order valence-electron chi connectivity index (χ2n) is 5.60. The average Bonchev–Trinajstić information content (AvgIpc) is 3.37. The van der Waals surface area contributed by atoms with Crippen molar-refractivity contribution in [2.45, 2.75) is 13.0 Å². The fraction of sp³-hybridized carbons (Fsp3) is 0.167. The summed E-state index contributed by atoms with van der Waals surface area (Å²) in [5.74, 6) is 0.108. The Hall–Kier alpha value is -2.71.